The highest BCUT2D eigenvalue weighted by Gasteiger charge is 2.26. The number of hydrogen-bond acceptors (Lipinski definition) is 3. The highest BCUT2D eigenvalue weighted by Crippen LogP contribution is 2.28. The predicted octanol–water partition coefficient (Wildman–Crippen LogP) is 4.21. The number of methoxy groups -OCH3 is 1. The van der Waals surface area contributed by atoms with Gasteiger partial charge in [-0.2, -0.15) is 0 Å². The Balaban J connectivity index is 1.70. The predicted molar refractivity (Wildman–Crippen MR) is 85.0 cm³/mol. The minimum Gasteiger partial charge on any atom is -0.380 e. The average molecular weight is 305 g/mol. The zero-order chi connectivity index (χ0) is 14.7. The molecule has 21 heavy (non-hydrogen) atoms. The third-order valence-corrected chi connectivity index (χ3v) is 5.04. The number of hydrogen-bond donors (Lipinski definition) is 1. The summed E-state index contributed by atoms with van der Waals surface area (Å²) in [5.74, 6) is -0.156. The monoisotopic (exact) mass is 305 g/mol. The molecule has 0 spiro atoms. The number of benzene rings is 1. The lowest BCUT2D eigenvalue weighted by Crippen LogP contribution is -2.36. The molecule has 1 N–H and O–H groups in total. The Labute approximate surface area is 129 Å². The number of nitrogens with one attached hydrogen (secondary N) is 1. The Kier molecular flexibility index (Phi) is 4.68. The normalized spacial score (nSPS) is 21.8. The first-order valence-corrected chi connectivity index (χ1v) is 8.24. The molecule has 0 aliphatic heterocycles. The molecule has 0 bridgehead atoms. The fraction of sp³-hybridized carbons (Fsp3) is 0.412. The second-order valence-electron chi connectivity index (χ2n) is 5.48. The van der Waals surface area contributed by atoms with Crippen molar-refractivity contribution in [3.05, 3.63) is 47.1 Å². The molecule has 2 unspecified atom stereocenters. The van der Waals surface area contributed by atoms with E-state index in [-0.39, 0.29) is 5.82 Å². The maximum atomic E-state index is 14.0. The van der Waals surface area contributed by atoms with Crippen LogP contribution in [0.1, 0.15) is 24.8 Å². The molecule has 2 nitrogen and oxygen atoms in total. The van der Waals surface area contributed by atoms with Crippen LogP contribution >= 0.6 is 11.3 Å². The molecular weight excluding hydrogens is 285 g/mol. The molecule has 4 heteroatoms. The molecule has 2 aromatic rings. The van der Waals surface area contributed by atoms with E-state index < -0.39 is 0 Å². The number of rotatable bonds is 5. The molecule has 1 aromatic carbocycles. The van der Waals surface area contributed by atoms with E-state index in [0.717, 1.165) is 29.8 Å². The van der Waals surface area contributed by atoms with Crippen LogP contribution in [0, 0.1) is 5.82 Å². The van der Waals surface area contributed by atoms with Crippen molar-refractivity contribution in [2.24, 2.45) is 0 Å². The van der Waals surface area contributed by atoms with Gasteiger partial charge in [0, 0.05) is 30.1 Å². The van der Waals surface area contributed by atoms with Crippen molar-refractivity contribution in [2.75, 3.05) is 7.11 Å². The first-order chi connectivity index (χ1) is 10.3. The third kappa shape index (κ3) is 3.34. The summed E-state index contributed by atoms with van der Waals surface area (Å²) in [6, 6.07) is 9.69. The lowest BCUT2D eigenvalue weighted by molar-refractivity contribution is 0.0847. The summed E-state index contributed by atoms with van der Waals surface area (Å²) in [6.07, 6.45) is 3.79. The molecule has 3 rings (SSSR count). The van der Waals surface area contributed by atoms with Crippen molar-refractivity contribution in [1.29, 1.82) is 0 Å². The first kappa shape index (κ1) is 14.7. The van der Waals surface area contributed by atoms with E-state index in [1.165, 1.54) is 6.42 Å². The Morgan fingerprint density at radius 2 is 2.24 bits per heavy atom. The summed E-state index contributed by atoms with van der Waals surface area (Å²) in [4.78, 5) is 0.977. The summed E-state index contributed by atoms with van der Waals surface area (Å²) < 4.78 is 19.5. The van der Waals surface area contributed by atoms with Crippen molar-refractivity contribution in [3.63, 3.8) is 0 Å². The van der Waals surface area contributed by atoms with Gasteiger partial charge >= 0.3 is 0 Å². The van der Waals surface area contributed by atoms with Crippen molar-refractivity contribution in [2.45, 2.75) is 38.0 Å². The van der Waals surface area contributed by atoms with E-state index in [4.69, 9.17) is 4.74 Å². The third-order valence-electron chi connectivity index (χ3n) is 4.14. The Hall–Kier alpha value is -1.23. The smallest absolute Gasteiger partial charge is 0.131 e. The van der Waals surface area contributed by atoms with Crippen LogP contribution in [0.4, 0.5) is 4.39 Å². The van der Waals surface area contributed by atoms with Crippen molar-refractivity contribution in [1.82, 2.24) is 5.32 Å². The van der Waals surface area contributed by atoms with Crippen LogP contribution in [0.2, 0.25) is 0 Å². The molecule has 0 saturated heterocycles. The second-order valence-corrected chi connectivity index (χ2v) is 6.43. The average Bonchev–Trinajstić information content (AvgIpc) is 3.17. The van der Waals surface area contributed by atoms with Crippen LogP contribution in [0.5, 0.6) is 0 Å². The maximum absolute atomic E-state index is 14.0. The van der Waals surface area contributed by atoms with Crippen LogP contribution in [0.15, 0.2) is 35.7 Å². The van der Waals surface area contributed by atoms with Gasteiger partial charge in [-0.25, -0.2) is 4.39 Å². The van der Waals surface area contributed by atoms with Gasteiger partial charge in [-0.1, -0.05) is 12.1 Å². The van der Waals surface area contributed by atoms with Crippen LogP contribution in [0.3, 0.4) is 0 Å². The molecule has 1 aliphatic rings. The quantitative estimate of drug-likeness (QED) is 0.893. The van der Waals surface area contributed by atoms with Crippen LogP contribution < -0.4 is 5.32 Å². The van der Waals surface area contributed by atoms with Crippen molar-refractivity contribution in [3.8, 4) is 10.4 Å². The van der Waals surface area contributed by atoms with Crippen molar-refractivity contribution >= 4 is 11.3 Å². The fourth-order valence-electron chi connectivity index (χ4n) is 2.99. The van der Waals surface area contributed by atoms with Gasteiger partial charge in [-0.3, -0.25) is 0 Å². The molecule has 1 fully saturated rings. The lowest BCUT2D eigenvalue weighted by Gasteiger charge is -2.19. The van der Waals surface area contributed by atoms with Gasteiger partial charge in [0.05, 0.1) is 6.10 Å². The van der Waals surface area contributed by atoms with E-state index >= 15 is 0 Å². The lowest BCUT2D eigenvalue weighted by atomic mass is 10.1. The van der Waals surface area contributed by atoms with Gasteiger partial charge in [-0.05, 0) is 48.4 Å². The maximum Gasteiger partial charge on any atom is 0.131 e. The highest BCUT2D eigenvalue weighted by atomic mass is 32.1. The van der Waals surface area contributed by atoms with E-state index in [2.05, 4.69) is 5.32 Å². The van der Waals surface area contributed by atoms with Gasteiger partial charge < -0.3 is 10.1 Å². The Morgan fingerprint density at radius 1 is 1.33 bits per heavy atom. The van der Waals surface area contributed by atoms with Crippen LogP contribution in [-0.2, 0) is 11.3 Å². The minimum absolute atomic E-state index is 0.156. The first-order valence-electron chi connectivity index (χ1n) is 7.36. The highest BCUT2D eigenvalue weighted by molar-refractivity contribution is 7.13. The zero-order valence-corrected chi connectivity index (χ0v) is 13.0. The largest absolute Gasteiger partial charge is 0.380 e. The Bertz CT molecular complexity index is 584. The van der Waals surface area contributed by atoms with Gasteiger partial charge in [0.15, 0.2) is 0 Å². The van der Waals surface area contributed by atoms with E-state index in [1.807, 2.05) is 29.6 Å². The molecule has 2 atom stereocenters. The molecule has 1 aromatic heterocycles. The number of thiophene rings is 1. The van der Waals surface area contributed by atoms with Crippen molar-refractivity contribution < 1.29 is 9.13 Å². The fourth-order valence-corrected chi connectivity index (χ4v) is 3.74. The summed E-state index contributed by atoms with van der Waals surface area (Å²) in [5.41, 5.74) is 1.81. The molecule has 1 saturated carbocycles. The van der Waals surface area contributed by atoms with Gasteiger partial charge in [0.1, 0.15) is 5.82 Å². The summed E-state index contributed by atoms with van der Waals surface area (Å²) in [5, 5.41) is 5.52. The zero-order valence-electron chi connectivity index (χ0n) is 12.1. The number of halogens is 1. The van der Waals surface area contributed by atoms with Gasteiger partial charge in [-0.15, -0.1) is 11.3 Å². The number of ether oxygens (including phenoxy) is 1. The molecule has 112 valence electrons. The van der Waals surface area contributed by atoms with Gasteiger partial charge in [0.25, 0.3) is 0 Å². The molecule has 1 heterocycles. The van der Waals surface area contributed by atoms with Crippen LogP contribution in [-0.4, -0.2) is 19.3 Å². The standard InChI is InChI=1S/C17H20FNOS/c1-20-16-5-2-4-15(16)19-11-12-7-8-14(18)13(10-12)17-6-3-9-21-17/h3,6-10,15-16,19H,2,4-5,11H2,1H3. The second kappa shape index (κ2) is 6.69. The van der Waals surface area contributed by atoms with E-state index in [9.17, 15) is 4.39 Å². The van der Waals surface area contributed by atoms with Gasteiger partial charge in [0.2, 0.25) is 0 Å². The van der Waals surface area contributed by atoms with Crippen LogP contribution in [0.25, 0.3) is 10.4 Å². The summed E-state index contributed by atoms with van der Waals surface area (Å²) in [6.45, 7) is 0.753. The minimum atomic E-state index is -0.156. The molecular formula is C17H20FNOS. The molecule has 0 amide bonds. The van der Waals surface area contributed by atoms with E-state index in [1.54, 1.807) is 24.5 Å². The SMILES string of the molecule is COC1CCCC1NCc1ccc(F)c(-c2cccs2)c1. The topological polar surface area (TPSA) is 21.3 Å². The summed E-state index contributed by atoms with van der Waals surface area (Å²) >= 11 is 1.57. The molecule has 1 aliphatic carbocycles. The van der Waals surface area contributed by atoms with E-state index in [0.29, 0.717) is 17.7 Å². The Morgan fingerprint density at radius 3 is 3.00 bits per heavy atom. The molecule has 0 radical (unpaired) electrons. The summed E-state index contributed by atoms with van der Waals surface area (Å²) in [7, 11) is 1.78.